The Hall–Kier alpha value is -1.70. The van der Waals surface area contributed by atoms with Crippen molar-refractivity contribution in [3.8, 4) is 0 Å². The van der Waals surface area contributed by atoms with E-state index in [2.05, 4.69) is 10.3 Å². The van der Waals surface area contributed by atoms with Gasteiger partial charge in [0, 0.05) is 25.2 Å². The number of nitrogens with zero attached hydrogens (tertiary/aromatic N) is 2. The first kappa shape index (κ1) is 17.4. The number of hydrogen-bond donors (Lipinski definition) is 2. The monoisotopic (exact) mass is 315 g/mol. The van der Waals surface area contributed by atoms with Crippen LogP contribution >= 0.6 is 11.8 Å². The number of aliphatic carboxylic acids is 1. The van der Waals surface area contributed by atoms with Gasteiger partial charge in [0.25, 0.3) is 0 Å². The van der Waals surface area contributed by atoms with Crippen molar-refractivity contribution in [1.29, 1.82) is 0 Å². The fourth-order valence-electron chi connectivity index (χ4n) is 1.43. The Morgan fingerprint density at radius 3 is 2.67 bits per heavy atom. The lowest BCUT2D eigenvalue weighted by Crippen LogP contribution is -2.44. The van der Waals surface area contributed by atoms with Crippen LogP contribution in [0.25, 0.3) is 0 Å². The van der Waals surface area contributed by atoms with Crippen molar-refractivity contribution in [2.45, 2.75) is 38.2 Å². The minimum atomic E-state index is -1.09. The molecule has 1 atom stereocenters. The maximum atomic E-state index is 11.6. The minimum Gasteiger partial charge on any atom is -0.480 e. The largest absolute Gasteiger partial charge is 0.480 e. The van der Waals surface area contributed by atoms with E-state index in [1.54, 1.807) is 27.0 Å². The molecule has 7 nitrogen and oxygen atoms in total. The summed E-state index contributed by atoms with van der Waals surface area (Å²) in [6.07, 6.45) is 2.78. The van der Waals surface area contributed by atoms with E-state index in [1.807, 2.05) is 17.8 Å². The highest BCUT2D eigenvalue weighted by molar-refractivity contribution is 7.98. The number of carboxylic acid groups (broad SMARTS) is 1. The van der Waals surface area contributed by atoms with Crippen LogP contribution in [0.2, 0.25) is 0 Å². The van der Waals surface area contributed by atoms with Gasteiger partial charge in [-0.15, -0.1) is 0 Å². The molecule has 0 saturated carbocycles. The summed E-state index contributed by atoms with van der Waals surface area (Å²) in [5.41, 5.74) is -0.659. The van der Waals surface area contributed by atoms with Gasteiger partial charge < -0.3 is 19.7 Å². The van der Waals surface area contributed by atoms with Crippen molar-refractivity contribution in [1.82, 2.24) is 14.9 Å². The van der Waals surface area contributed by atoms with Crippen LogP contribution in [-0.4, -0.2) is 44.1 Å². The highest BCUT2D eigenvalue weighted by Gasteiger charge is 2.23. The van der Waals surface area contributed by atoms with E-state index in [0.29, 0.717) is 5.75 Å². The lowest BCUT2D eigenvalue weighted by molar-refractivity contribution is -0.138. The average Bonchev–Trinajstić information content (AvgIpc) is 2.71. The van der Waals surface area contributed by atoms with Crippen molar-refractivity contribution in [3.05, 3.63) is 18.2 Å². The Balaban J connectivity index is 2.45. The third-order valence-electron chi connectivity index (χ3n) is 2.43. The summed E-state index contributed by atoms with van der Waals surface area (Å²) >= 11 is 1.39. The van der Waals surface area contributed by atoms with Crippen LogP contribution in [0.1, 0.15) is 26.6 Å². The van der Waals surface area contributed by atoms with Crippen molar-refractivity contribution in [2.75, 3.05) is 5.75 Å². The summed E-state index contributed by atoms with van der Waals surface area (Å²) in [5, 5.41) is 11.5. The summed E-state index contributed by atoms with van der Waals surface area (Å²) < 4.78 is 6.92. The summed E-state index contributed by atoms with van der Waals surface area (Å²) in [5.74, 6) is 0.569. The van der Waals surface area contributed by atoms with E-state index in [1.165, 1.54) is 11.8 Å². The number of alkyl carbamates (subject to hydrolysis) is 1. The number of carbonyl (C=O) groups is 2. The molecule has 0 bridgehead atoms. The number of amides is 1. The van der Waals surface area contributed by atoms with Gasteiger partial charge in [-0.05, 0) is 20.8 Å². The predicted octanol–water partition coefficient (Wildman–Crippen LogP) is 1.63. The molecule has 2 N–H and O–H groups in total. The Kier molecular flexibility index (Phi) is 6.07. The van der Waals surface area contributed by atoms with Crippen molar-refractivity contribution >= 4 is 23.8 Å². The number of imidazole rings is 1. The van der Waals surface area contributed by atoms with Gasteiger partial charge in [0.1, 0.15) is 17.5 Å². The van der Waals surface area contributed by atoms with Crippen LogP contribution in [0.15, 0.2) is 12.4 Å². The van der Waals surface area contributed by atoms with Crippen molar-refractivity contribution in [2.24, 2.45) is 7.05 Å². The van der Waals surface area contributed by atoms with Gasteiger partial charge in [-0.2, -0.15) is 11.8 Å². The van der Waals surface area contributed by atoms with Crippen LogP contribution in [0.3, 0.4) is 0 Å². The van der Waals surface area contributed by atoms with Crippen LogP contribution in [0.5, 0.6) is 0 Å². The Morgan fingerprint density at radius 2 is 2.19 bits per heavy atom. The number of aryl methyl sites for hydroxylation is 1. The van der Waals surface area contributed by atoms with Gasteiger partial charge in [0.2, 0.25) is 0 Å². The molecule has 1 heterocycles. The normalized spacial score (nSPS) is 12.8. The second kappa shape index (κ2) is 7.35. The van der Waals surface area contributed by atoms with Crippen molar-refractivity contribution in [3.63, 3.8) is 0 Å². The zero-order valence-electron chi connectivity index (χ0n) is 12.6. The molecule has 1 amide bonds. The summed E-state index contributed by atoms with van der Waals surface area (Å²) in [7, 11) is 1.87. The predicted molar refractivity (Wildman–Crippen MR) is 80.2 cm³/mol. The zero-order valence-corrected chi connectivity index (χ0v) is 13.4. The van der Waals surface area contributed by atoms with Crippen LogP contribution in [0, 0.1) is 0 Å². The van der Waals surface area contributed by atoms with Gasteiger partial charge in [-0.1, -0.05) is 0 Å². The highest BCUT2D eigenvalue weighted by Crippen LogP contribution is 2.12. The van der Waals surface area contributed by atoms with Crippen LogP contribution < -0.4 is 5.32 Å². The first-order valence-electron chi connectivity index (χ1n) is 6.45. The number of aromatic nitrogens is 2. The molecule has 118 valence electrons. The molecule has 0 aromatic carbocycles. The van der Waals surface area contributed by atoms with Gasteiger partial charge in [0.05, 0.1) is 5.75 Å². The molecular formula is C13H21N3O4S. The second-order valence-corrected chi connectivity index (χ2v) is 6.54. The summed E-state index contributed by atoms with van der Waals surface area (Å²) in [4.78, 5) is 26.9. The number of hydrogen-bond acceptors (Lipinski definition) is 5. The van der Waals surface area contributed by atoms with Gasteiger partial charge in [0.15, 0.2) is 0 Å². The minimum absolute atomic E-state index is 0.238. The van der Waals surface area contributed by atoms with Crippen LogP contribution in [0.4, 0.5) is 4.79 Å². The third kappa shape index (κ3) is 6.52. The number of rotatable bonds is 6. The lowest BCUT2D eigenvalue weighted by atomic mass is 10.2. The molecular weight excluding hydrogens is 294 g/mol. The number of carbonyl (C=O) groups excluding carboxylic acids is 1. The maximum absolute atomic E-state index is 11.6. The van der Waals surface area contributed by atoms with Gasteiger partial charge >= 0.3 is 12.1 Å². The smallest absolute Gasteiger partial charge is 0.408 e. The fourth-order valence-corrected chi connectivity index (χ4v) is 2.47. The molecule has 1 rings (SSSR count). The number of nitrogens with one attached hydrogen (secondary N) is 1. The van der Waals surface area contributed by atoms with Crippen LogP contribution in [-0.2, 0) is 22.3 Å². The molecule has 0 aliphatic rings. The van der Waals surface area contributed by atoms with E-state index in [0.717, 1.165) is 5.82 Å². The Bertz CT molecular complexity index is 496. The first-order valence-corrected chi connectivity index (χ1v) is 7.61. The number of ether oxygens (including phenoxy) is 1. The topological polar surface area (TPSA) is 93.5 Å². The standard InChI is InChI=1S/C13H21N3O4S/c1-13(2,3)20-12(19)15-9(11(17)18)7-21-8-10-14-5-6-16(10)4/h5-6,9H,7-8H2,1-4H3,(H,15,19)(H,17,18). The van der Waals surface area contributed by atoms with E-state index >= 15 is 0 Å². The third-order valence-corrected chi connectivity index (χ3v) is 3.46. The molecule has 1 aromatic rings. The van der Waals surface area contributed by atoms with Crippen molar-refractivity contribution < 1.29 is 19.4 Å². The SMILES string of the molecule is Cn1ccnc1CSCC(NC(=O)OC(C)(C)C)C(=O)O. The molecule has 0 spiro atoms. The molecule has 0 aliphatic carbocycles. The quantitative estimate of drug-likeness (QED) is 0.829. The first-order chi connectivity index (χ1) is 9.69. The Labute approximate surface area is 128 Å². The second-order valence-electron chi connectivity index (χ2n) is 5.51. The molecule has 1 unspecified atom stereocenters. The number of carboxylic acids is 1. The average molecular weight is 315 g/mol. The fraction of sp³-hybridized carbons (Fsp3) is 0.615. The molecule has 8 heteroatoms. The number of thioether (sulfide) groups is 1. The lowest BCUT2D eigenvalue weighted by Gasteiger charge is -2.21. The molecule has 21 heavy (non-hydrogen) atoms. The van der Waals surface area contributed by atoms with E-state index in [-0.39, 0.29) is 5.75 Å². The summed E-state index contributed by atoms with van der Waals surface area (Å²) in [6.45, 7) is 5.16. The highest BCUT2D eigenvalue weighted by atomic mass is 32.2. The molecule has 0 saturated heterocycles. The maximum Gasteiger partial charge on any atom is 0.408 e. The van der Waals surface area contributed by atoms with Gasteiger partial charge in [-0.3, -0.25) is 0 Å². The molecule has 0 radical (unpaired) electrons. The zero-order chi connectivity index (χ0) is 16.0. The summed E-state index contributed by atoms with van der Waals surface area (Å²) in [6, 6.07) is -0.995. The molecule has 0 aliphatic heterocycles. The Morgan fingerprint density at radius 1 is 1.52 bits per heavy atom. The molecule has 1 aromatic heterocycles. The molecule has 0 fully saturated rings. The van der Waals surface area contributed by atoms with Gasteiger partial charge in [-0.25, -0.2) is 14.6 Å². The van der Waals surface area contributed by atoms with E-state index < -0.39 is 23.7 Å². The van der Waals surface area contributed by atoms with E-state index in [4.69, 9.17) is 9.84 Å². The van der Waals surface area contributed by atoms with E-state index in [9.17, 15) is 9.59 Å².